The predicted molar refractivity (Wildman–Crippen MR) is 144 cm³/mol. The lowest BCUT2D eigenvalue weighted by Gasteiger charge is -2.35. The van der Waals surface area contributed by atoms with E-state index in [2.05, 4.69) is 15.0 Å². The smallest absolute Gasteiger partial charge is 0.302 e. The first kappa shape index (κ1) is 29.5. The van der Waals surface area contributed by atoms with E-state index < -0.39 is 16.3 Å². The lowest BCUT2D eigenvalue weighted by Crippen LogP contribution is -2.56. The summed E-state index contributed by atoms with van der Waals surface area (Å²) in [5.41, 5.74) is 1.16. The van der Waals surface area contributed by atoms with Crippen LogP contribution in [0.1, 0.15) is 38.7 Å². The van der Waals surface area contributed by atoms with Gasteiger partial charge in [-0.3, -0.25) is 14.5 Å². The number of hydrogen-bond acceptors (Lipinski definition) is 8. The fraction of sp³-hybridized carbons (Fsp3) is 0.538. The summed E-state index contributed by atoms with van der Waals surface area (Å²) in [6.07, 6.45) is 5.25. The summed E-state index contributed by atoms with van der Waals surface area (Å²) in [7, 11) is 0.292. The van der Waals surface area contributed by atoms with E-state index in [0.29, 0.717) is 43.3 Å². The Bertz CT molecular complexity index is 1140. The Balaban J connectivity index is 1.72. The number of aromatic nitrogens is 1. The molecule has 1 aromatic carbocycles. The molecule has 1 amide bonds. The highest BCUT2D eigenvalue weighted by molar-refractivity contribution is 7.90. The Hall–Kier alpha value is -3.09. The number of hydrogen-bond donors (Lipinski definition) is 2. The molecule has 38 heavy (non-hydrogen) atoms. The number of carbonyl (C=O) groups excluding carboxylic acids is 1. The van der Waals surface area contributed by atoms with Crippen molar-refractivity contribution >= 4 is 21.8 Å². The Labute approximate surface area is 225 Å². The maximum atomic E-state index is 13.5. The molecule has 2 heterocycles. The van der Waals surface area contributed by atoms with Crippen LogP contribution in [0.5, 0.6) is 17.2 Å². The third-order valence-electron chi connectivity index (χ3n) is 6.40. The van der Waals surface area contributed by atoms with Crippen LogP contribution in [0.4, 0.5) is 5.69 Å². The minimum absolute atomic E-state index is 0.0823. The van der Waals surface area contributed by atoms with E-state index in [1.807, 2.05) is 26.0 Å². The molecule has 1 aromatic heterocycles. The molecule has 12 heteroatoms. The number of amides is 1. The van der Waals surface area contributed by atoms with E-state index >= 15 is 0 Å². The third kappa shape index (κ3) is 7.49. The van der Waals surface area contributed by atoms with Crippen molar-refractivity contribution in [3.8, 4) is 17.2 Å². The lowest BCUT2D eigenvalue weighted by atomic mass is 10.0. The summed E-state index contributed by atoms with van der Waals surface area (Å²) in [5.74, 6) is 0.702. The normalized spacial score (nSPS) is 17.1. The third-order valence-corrected chi connectivity index (χ3v) is 7.95. The number of rotatable bonds is 13. The van der Waals surface area contributed by atoms with Crippen molar-refractivity contribution in [2.24, 2.45) is 5.92 Å². The zero-order chi connectivity index (χ0) is 27.7. The van der Waals surface area contributed by atoms with Gasteiger partial charge in [-0.2, -0.15) is 12.7 Å². The predicted octanol–water partition coefficient (Wildman–Crippen LogP) is 2.98. The number of methoxy groups -OCH3 is 3. The van der Waals surface area contributed by atoms with Gasteiger partial charge in [-0.25, -0.2) is 0 Å². The van der Waals surface area contributed by atoms with E-state index in [-0.39, 0.29) is 30.1 Å². The molecule has 0 spiro atoms. The number of pyridine rings is 1. The zero-order valence-electron chi connectivity index (χ0n) is 22.6. The van der Waals surface area contributed by atoms with Gasteiger partial charge >= 0.3 is 10.2 Å². The molecule has 2 atom stereocenters. The topological polar surface area (TPSA) is 128 Å². The van der Waals surface area contributed by atoms with Crippen molar-refractivity contribution in [1.82, 2.24) is 14.6 Å². The standard InChI is InChI=1S/C26H38N4O7S/c1-18(2)21(17-37-16-19-9-8-11-27-15-19)28-26(31)22-10-6-7-12-30(22)38(32,33)29-20-13-23(34-3)25(36-5)24(14-20)35-4/h8-9,11,13-15,18,21-22,29H,6-7,10,12,16-17H2,1-5H3,(H,28,31)/t21-,22?/m1/s1. The largest absolute Gasteiger partial charge is 0.493 e. The number of ether oxygens (including phenoxy) is 4. The molecule has 0 radical (unpaired) electrons. The molecular formula is C26H38N4O7S. The maximum absolute atomic E-state index is 13.5. The molecule has 210 valence electrons. The van der Waals surface area contributed by atoms with Crippen LogP contribution in [0.25, 0.3) is 0 Å². The SMILES string of the molecule is COc1cc(NS(=O)(=O)N2CCCCC2C(=O)N[C@H](COCc2cccnc2)C(C)C)cc(OC)c1OC. The van der Waals surface area contributed by atoms with Crippen LogP contribution >= 0.6 is 0 Å². The summed E-state index contributed by atoms with van der Waals surface area (Å²) in [5, 5.41) is 3.02. The number of anilines is 1. The van der Waals surface area contributed by atoms with Crippen LogP contribution in [0.3, 0.4) is 0 Å². The van der Waals surface area contributed by atoms with Crippen molar-refractivity contribution in [2.45, 2.75) is 51.8 Å². The van der Waals surface area contributed by atoms with Crippen molar-refractivity contribution in [1.29, 1.82) is 0 Å². The molecule has 1 aliphatic rings. The van der Waals surface area contributed by atoms with E-state index in [1.54, 1.807) is 12.4 Å². The van der Waals surface area contributed by atoms with Gasteiger partial charge in [0.05, 0.1) is 46.3 Å². The van der Waals surface area contributed by atoms with E-state index in [0.717, 1.165) is 12.0 Å². The molecule has 1 saturated heterocycles. The Morgan fingerprint density at radius 2 is 1.84 bits per heavy atom. The number of benzene rings is 1. The van der Waals surface area contributed by atoms with Gasteiger partial charge < -0.3 is 24.3 Å². The number of piperidine rings is 1. The highest BCUT2D eigenvalue weighted by atomic mass is 32.2. The first-order valence-electron chi connectivity index (χ1n) is 12.6. The monoisotopic (exact) mass is 550 g/mol. The van der Waals surface area contributed by atoms with Crippen LogP contribution in [0.15, 0.2) is 36.7 Å². The van der Waals surface area contributed by atoms with Gasteiger partial charge in [0.1, 0.15) is 6.04 Å². The quantitative estimate of drug-likeness (QED) is 0.390. The first-order chi connectivity index (χ1) is 18.2. The molecule has 0 saturated carbocycles. The van der Waals surface area contributed by atoms with E-state index in [4.69, 9.17) is 18.9 Å². The molecule has 3 rings (SSSR count). The van der Waals surface area contributed by atoms with Crippen LogP contribution in [0.2, 0.25) is 0 Å². The zero-order valence-corrected chi connectivity index (χ0v) is 23.4. The van der Waals surface area contributed by atoms with Crippen LogP contribution < -0.4 is 24.2 Å². The fourth-order valence-corrected chi connectivity index (χ4v) is 5.71. The van der Waals surface area contributed by atoms with Crippen LogP contribution in [-0.4, -0.2) is 70.2 Å². The lowest BCUT2D eigenvalue weighted by molar-refractivity contribution is -0.127. The van der Waals surface area contributed by atoms with Crippen molar-refractivity contribution < 1.29 is 32.2 Å². The van der Waals surface area contributed by atoms with Gasteiger partial charge in [0.2, 0.25) is 11.7 Å². The van der Waals surface area contributed by atoms with E-state index in [1.165, 1.54) is 37.8 Å². The molecule has 1 aliphatic heterocycles. The summed E-state index contributed by atoms with van der Waals surface area (Å²) >= 11 is 0. The molecule has 1 unspecified atom stereocenters. The highest BCUT2D eigenvalue weighted by Crippen LogP contribution is 2.40. The molecular weight excluding hydrogens is 512 g/mol. The Morgan fingerprint density at radius 3 is 2.42 bits per heavy atom. The second-order valence-electron chi connectivity index (χ2n) is 9.38. The first-order valence-corrected chi connectivity index (χ1v) is 14.0. The van der Waals surface area contributed by atoms with Gasteiger partial charge in [0.15, 0.2) is 11.5 Å². The second-order valence-corrected chi connectivity index (χ2v) is 11.0. The second kappa shape index (κ2) is 13.6. The number of nitrogens with zero attached hydrogens (tertiary/aromatic N) is 2. The summed E-state index contributed by atoms with van der Waals surface area (Å²) in [6, 6.07) is 5.64. The van der Waals surface area contributed by atoms with Gasteiger partial charge in [-0.1, -0.05) is 26.3 Å². The molecule has 0 aliphatic carbocycles. The number of nitrogens with one attached hydrogen (secondary N) is 2. The van der Waals surface area contributed by atoms with Gasteiger partial charge in [-0.15, -0.1) is 0 Å². The van der Waals surface area contributed by atoms with Gasteiger partial charge in [-0.05, 0) is 30.4 Å². The summed E-state index contributed by atoms with van der Waals surface area (Å²) in [6.45, 7) is 4.86. The van der Waals surface area contributed by atoms with Crippen molar-refractivity contribution in [3.05, 3.63) is 42.2 Å². The van der Waals surface area contributed by atoms with Crippen LogP contribution in [0, 0.1) is 5.92 Å². The summed E-state index contributed by atoms with van der Waals surface area (Å²) in [4.78, 5) is 17.5. The average molecular weight is 551 g/mol. The summed E-state index contributed by atoms with van der Waals surface area (Å²) < 4.78 is 52.5. The molecule has 11 nitrogen and oxygen atoms in total. The van der Waals surface area contributed by atoms with Gasteiger partial charge in [0, 0.05) is 31.1 Å². The van der Waals surface area contributed by atoms with Crippen LogP contribution in [-0.2, 0) is 26.3 Å². The van der Waals surface area contributed by atoms with Crippen molar-refractivity contribution in [3.63, 3.8) is 0 Å². The molecule has 1 fully saturated rings. The van der Waals surface area contributed by atoms with Crippen molar-refractivity contribution in [2.75, 3.05) is 39.2 Å². The minimum atomic E-state index is -4.08. The molecule has 2 aromatic rings. The average Bonchev–Trinajstić information content (AvgIpc) is 2.92. The Kier molecular flexibility index (Phi) is 10.6. The van der Waals surface area contributed by atoms with E-state index in [9.17, 15) is 13.2 Å². The maximum Gasteiger partial charge on any atom is 0.302 e. The molecule has 2 N–H and O–H groups in total. The number of carbonyl (C=O) groups is 1. The minimum Gasteiger partial charge on any atom is -0.493 e. The molecule has 0 bridgehead atoms. The highest BCUT2D eigenvalue weighted by Gasteiger charge is 2.38. The fourth-order valence-electron chi connectivity index (χ4n) is 4.27. The Morgan fingerprint density at radius 1 is 1.13 bits per heavy atom. The van der Waals surface area contributed by atoms with Gasteiger partial charge in [0.25, 0.3) is 0 Å².